The number of ether oxygens (including phenoxy) is 2. The van der Waals surface area contributed by atoms with Crippen LogP contribution in [-0.4, -0.2) is 47.2 Å². The zero-order chi connectivity index (χ0) is 13.4. The second-order valence-electron chi connectivity index (χ2n) is 3.82. The van der Waals surface area contributed by atoms with Crippen LogP contribution < -0.4 is 0 Å². The minimum absolute atomic E-state index is 0.391. The highest BCUT2D eigenvalue weighted by Crippen LogP contribution is 2.19. The summed E-state index contributed by atoms with van der Waals surface area (Å²) in [5, 5.41) is 0. The van der Waals surface area contributed by atoms with Gasteiger partial charge in [0, 0.05) is 12.8 Å². The van der Waals surface area contributed by atoms with Gasteiger partial charge in [0.2, 0.25) is 0 Å². The summed E-state index contributed by atoms with van der Waals surface area (Å²) in [5.41, 5.74) is 0. The lowest BCUT2D eigenvalue weighted by molar-refractivity contribution is -0.195. The number of thioether (sulfide) groups is 2. The summed E-state index contributed by atoms with van der Waals surface area (Å²) in [7, 11) is 0. The maximum Gasteiger partial charge on any atom is 0.348 e. The lowest BCUT2D eigenvalue weighted by Gasteiger charge is -2.27. The smallest absolute Gasteiger partial charge is 0.348 e. The molecule has 0 aromatic carbocycles. The Hall–Kier alpha value is -0.360. The Morgan fingerprint density at radius 2 is 1.28 bits per heavy atom. The zero-order valence-electron chi connectivity index (χ0n) is 10.8. The first-order chi connectivity index (χ1) is 8.69. The maximum atomic E-state index is 11.7. The molecule has 6 heteroatoms. The Morgan fingerprint density at radius 1 is 0.889 bits per heavy atom. The third-order valence-corrected chi connectivity index (χ3v) is 4.36. The molecule has 0 aromatic heterocycles. The fourth-order valence-corrected chi connectivity index (χ4v) is 2.89. The number of hydrogen-bond acceptors (Lipinski definition) is 6. The fourth-order valence-electron chi connectivity index (χ4n) is 1.55. The van der Waals surface area contributed by atoms with Crippen LogP contribution in [0.3, 0.4) is 0 Å². The quantitative estimate of drug-likeness (QED) is 0.504. The zero-order valence-corrected chi connectivity index (χ0v) is 12.5. The van der Waals surface area contributed by atoms with E-state index >= 15 is 0 Å². The summed E-state index contributed by atoms with van der Waals surface area (Å²) in [6.45, 7) is 4.11. The molecule has 1 rings (SSSR count). The normalized spacial score (nSPS) is 23.7. The molecule has 4 nitrogen and oxygen atoms in total. The summed E-state index contributed by atoms with van der Waals surface area (Å²) < 4.78 is 10.3. The van der Waals surface area contributed by atoms with Gasteiger partial charge in [-0.1, -0.05) is 13.8 Å². The van der Waals surface area contributed by atoms with E-state index in [1.54, 1.807) is 23.5 Å². The van der Waals surface area contributed by atoms with E-state index in [0.29, 0.717) is 12.8 Å². The van der Waals surface area contributed by atoms with Crippen molar-refractivity contribution in [3.8, 4) is 0 Å². The van der Waals surface area contributed by atoms with Crippen molar-refractivity contribution in [3.05, 3.63) is 0 Å². The highest BCUT2D eigenvalue weighted by atomic mass is 32.2. The molecule has 104 valence electrons. The first kappa shape index (κ1) is 15.7. The minimum Gasteiger partial charge on any atom is -0.448 e. The largest absolute Gasteiger partial charge is 0.448 e. The summed E-state index contributed by atoms with van der Waals surface area (Å²) in [5.74, 6) is 2.81. The molecule has 1 heterocycles. The molecule has 0 bridgehead atoms. The molecule has 0 radical (unpaired) electrons. The van der Waals surface area contributed by atoms with E-state index in [1.807, 2.05) is 0 Å². The van der Waals surface area contributed by atoms with E-state index in [4.69, 9.17) is 9.47 Å². The standard InChI is InChI=1S/C12H20O4S2/c1-3-17-7-5-9-11(13)16-10(12(14)15-9)6-8-18-4-2/h9-10H,3-8H2,1-2H3/t9-,10-/m1/s1. The number of cyclic esters (lactones) is 2. The van der Waals surface area contributed by atoms with Gasteiger partial charge < -0.3 is 9.47 Å². The average molecular weight is 292 g/mol. The van der Waals surface area contributed by atoms with Crippen LogP contribution >= 0.6 is 23.5 Å². The highest BCUT2D eigenvalue weighted by Gasteiger charge is 2.37. The summed E-state index contributed by atoms with van der Waals surface area (Å²) in [6, 6.07) is 0. The Balaban J connectivity index is 2.34. The van der Waals surface area contributed by atoms with Crippen LogP contribution in [-0.2, 0) is 19.1 Å². The minimum atomic E-state index is -0.702. The highest BCUT2D eigenvalue weighted by molar-refractivity contribution is 7.99. The molecule has 0 amide bonds. The van der Waals surface area contributed by atoms with E-state index in [9.17, 15) is 9.59 Å². The summed E-state index contributed by atoms with van der Waals surface area (Å²) in [4.78, 5) is 23.3. The van der Waals surface area contributed by atoms with Crippen LogP contribution in [0, 0.1) is 0 Å². The van der Waals surface area contributed by atoms with Crippen molar-refractivity contribution in [2.24, 2.45) is 0 Å². The van der Waals surface area contributed by atoms with Crippen molar-refractivity contribution in [2.75, 3.05) is 23.0 Å². The summed E-state index contributed by atoms with van der Waals surface area (Å²) in [6.07, 6.45) is -0.322. The molecule has 0 N–H and O–H groups in total. The van der Waals surface area contributed by atoms with E-state index < -0.39 is 24.1 Å². The molecular formula is C12H20O4S2. The third kappa shape index (κ3) is 5.10. The Labute approximate surface area is 117 Å². The van der Waals surface area contributed by atoms with Crippen molar-refractivity contribution >= 4 is 35.5 Å². The monoisotopic (exact) mass is 292 g/mol. The number of rotatable bonds is 8. The number of esters is 2. The second-order valence-corrected chi connectivity index (χ2v) is 6.61. The van der Waals surface area contributed by atoms with Gasteiger partial charge in [-0.05, 0) is 23.0 Å². The average Bonchev–Trinajstić information content (AvgIpc) is 2.35. The van der Waals surface area contributed by atoms with Gasteiger partial charge in [-0.15, -0.1) is 0 Å². The fraction of sp³-hybridized carbons (Fsp3) is 0.833. The van der Waals surface area contributed by atoms with E-state index in [2.05, 4.69) is 13.8 Å². The molecule has 2 atom stereocenters. The van der Waals surface area contributed by atoms with E-state index in [1.165, 1.54) is 0 Å². The maximum absolute atomic E-state index is 11.7. The molecule has 18 heavy (non-hydrogen) atoms. The van der Waals surface area contributed by atoms with Crippen molar-refractivity contribution in [2.45, 2.75) is 38.9 Å². The first-order valence-corrected chi connectivity index (χ1v) is 8.56. The predicted molar refractivity (Wildman–Crippen MR) is 75.0 cm³/mol. The van der Waals surface area contributed by atoms with Gasteiger partial charge in [-0.2, -0.15) is 23.5 Å². The lowest BCUT2D eigenvalue weighted by atomic mass is 10.2. The van der Waals surface area contributed by atoms with Crippen molar-refractivity contribution < 1.29 is 19.1 Å². The molecule has 0 spiro atoms. The van der Waals surface area contributed by atoms with Crippen molar-refractivity contribution in [1.82, 2.24) is 0 Å². The molecule has 0 unspecified atom stereocenters. The van der Waals surface area contributed by atoms with Crippen LogP contribution in [0.15, 0.2) is 0 Å². The van der Waals surface area contributed by atoms with Crippen LogP contribution in [0.25, 0.3) is 0 Å². The van der Waals surface area contributed by atoms with Crippen molar-refractivity contribution in [1.29, 1.82) is 0 Å². The molecule has 1 aliphatic rings. The van der Waals surface area contributed by atoms with Gasteiger partial charge in [-0.25, -0.2) is 9.59 Å². The van der Waals surface area contributed by atoms with Gasteiger partial charge in [0.15, 0.2) is 12.2 Å². The Kier molecular flexibility index (Phi) is 7.58. The molecule has 1 saturated heterocycles. The van der Waals surface area contributed by atoms with Crippen LogP contribution in [0.1, 0.15) is 26.7 Å². The Bertz CT molecular complexity index is 255. The van der Waals surface area contributed by atoms with Gasteiger partial charge in [0.05, 0.1) is 0 Å². The van der Waals surface area contributed by atoms with E-state index in [0.717, 1.165) is 23.0 Å². The third-order valence-electron chi connectivity index (χ3n) is 2.50. The number of carbonyl (C=O) groups excluding carboxylic acids is 2. The van der Waals surface area contributed by atoms with E-state index in [-0.39, 0.29) is 0 Å². The summed E-state index contributed by atoms with van der Waals surface area (Å²) >= 11 is 3.44. The molecule has 1 fully saturated rings. The predicted octanol–water partition coefficient (Wildman–Crippen LogP) is 2.11. The number of hydrogen-bond donors (Lipinski definition) is 0. The SMILES string of the molecule is CCSCC[C@H]1OC(=O)[C@@H](CCSCC)OC1=O. The molecule has 0 aliphatic carbocycles. The van der Waals surface area contributed by atoms with Crippen LogP contribution in [0.4, 0.5) is 0 Å². The van der Waals surface area contributed by atoms with Gasteiger partial charge in [0.25, 0.3) is 0 Å². The topological polar surface area (TPSA) is 52.6 Å². The van der Waals surface area contributed by atoms with Gasteiger partial charge in [0.1, 0.15) is 0 Å². The Morgan fingerprint density at radius 3 is 1.61 bits per heavy atom. The number of carbonyl (C=O) groups is 2. The van der Waals surface area contributed by atoms with Gasteiger partial charge >= 0.3 is 11.9 Å². The molecule has 0 saturated carbocycles. The molecule has 0 aromatic rings. The first-order valence-electron chi connectivity index (χ1n) is 6.25. The van der Waals surface area contributed by atoms with Crippen LogP contribution in [0.2, 0.25) is 0 Å². The second kappa shape index (κ2) is 8.69. The van der Waals surface area contributed by atoms with Crippen LogP contribution in [0.5, 0.6) is 0 Å². The lowest BCUT2D eigenvalue weighted by Crippen LogP contribution is -2.44. The van der Waals surface area contributed by atoms with Gasteiger partial charge in [-0.3, -0.25) is 0 Å². The molecular weight excluding hydrogens is 272 g/mol. The molecule has 1 aliphatic heterocycles. The van der Waals surface area contributed by atoms with Crippen molar-refractivity contribution in [3.63, 3.8) is 0 Å².